The summed E-state index contributed by atoms with van der Waals surface area (Å²) in [6.07, 6.45) is 3.10. The zero-order valence-electron chi connectivity index (χ0n) is 8.41. The number of carbonyl (C=O) groups excluding carboxylic acids is 1. The van der Waals surface area contributed by atoms with Gasteiger partial charge in [-0.05, 0) is 25.5 Å². The van der Waals surface area contributed by atoms with E-state index in [-0.39, 0.29) is 5.78 Å². The molecule has 0 aliphatic carbocycles. The van der Waals surface area contributed by atoms with Crippen LogP contribution in [0, 0.1) is 0 Å². The molecule has 1 heterocycles. The van der Waals surface area contributed by atoms with Crippen molar-refractivity contribution in [2.75, 3.05) is 6.61 Å². The van der Waals surface area contributed by atoms with Gasteiger partial charge in [-0.1, -0.05) is 6.58 Å². The number of rotatable bonds is 4. The maximum atomic E-state index is 11.5. The van der Waals surface area contributed by atoms with Crippen molar-refractivity contribution in [2.24, 2.45) is 0 Å². The van der Waals surface area contributed by atoms with Gasteiger partial charge in [0.1, 0.15) is 5.75 Å². The molecule has 1 rings (SSSR count). The SMILES string of the molecule is C=C(C)C(=O)c1cncc(OCC)c1. The molecule has 14 heavy (non-hydrogen) atoms. The standard InChI is InChI=1S/C11H13NO2/c1-4-14-10-5-9(6-12-7-10)11(13)8(2)3/h5-7H,2,4H2,1,3H3. The number of carbonyl (C=O) groups is 1. The largest absolute Gasteiger partial charge is 0.492 e. The fourth-order valence-corrected chi connectivity index (χ4v) is 1.04. The number of nitrogens with zero attached hydrogens (tertiary/aromatic N) is 1. The monoisotopic (exact) mass is 191 g/mol. The van der Waals surface area contributed by atoms with Crippen LogP contribution in [0.4, 0.5) is 0 Å². The van der Waals surface area contributed by atoms with Crippen molar-refractivity contribution in [3.05, 3.63) is 36.2 Å². The Morgan fingerprint density at radius 1 is 1.57 bits per heavy atom. The smallest absolute Gasteiger partial charge is 0.189 e. The molecule has 0 saturated carbocycles. The van der Waals surface area contributed by atoms with Crippen molar-refractivity contribution < 1.29 is 9.53 Å². The van der Waals surface area contributed by atoms with Crippen LogP contribution in [-0.4, -0.2) is 17.4 Å². The van der Waals surface area contributed by atoms with Gasteiger partial charge in [-0.2, -0.15) is 0 Å². The van der Waals surface area contributed by atoms with Crippen LogP contribution in [0.3, 0.4) is 0 Å². The van der Waals surface area contributed by atoms with Crippen LogP contribution in [0.2, 0.25) is 0 Å². The molecule has 0 aliphatic heterocycles. The highest BCUT2D eigenvalue weighted by atomic mass is 16.5. The molecular weight excluding hydrogens is 178 g/mol. The fourth-order valence-electron chi connectivity index (χ4n) is 1.04. The summed E-state index contributed by atoms with van der Waals surface area (Å²) >= 11 is 0. The number of ether oxygens (including phenoxy) is 1. The van der Waals surface area contributed by atoms with E-state index in [4.69, 9.17) is 4.74 Å². The first-order valence-electron chi connectivity index (χ1n) is 4.43. The average Bonchev–Trinajstić information content (AvgIpc) is 2.17. The summed E-state index contributed by atoms with van der Waals surface area (Å²) in [6, 6.07) is 1.67. The van der Waals surface area contributed by atoms with E-state index in [1.165, 1.54) is 6.20 Å². The summed E-state index contributed by atoms with van der Waals surface area (Å²) < 4.78 is 5.23. The van der Waals surface area contributed by atoms with Gasteiger partial charge in [-0.25, -0.2) is 0 Å². The Morgan fingerprint density at radius 2 is 2.29 bits per heavy atom. The Morgan fingerprint density at radius 3 is 2.86 bits per heavy atom. The zero-order valence-corrected chi connectivity index (χ0v) is 8.41. The lowest BCUT2D eigenvalue weighted by molar-refractivity contribution is 0.103. The molecule has 0 saturated heterocycles. The third-order valence-corrected chi connectivity index (χ3v) is 1.67. The molecule has 0 N–H and O–H groups in total. The Hall–Kier alpha value is -1.64. The second-order valence-electron chi connectivity index (χ2n) is 2.95. The minimum absolute atomic E-state index is 0.0981. The van der Waals surface area contributed by atoms with Gasteiger partial charge in [0.15, 0.2) is 5.78 Å². The van der Waals surface area contributed by atoms with Crippen LogP contribution in [0.1, 0.15) is 24.2 Å². The molecule has 0 amide bonds. The topological polar surface area (TPSA) is 39.2 Å². The Kier molecular flexibility index (Phi) is 3.40. The number of ketones is 1. The summed E-state index contributed by atoms with van der Waals surface area (Å²) in [5.41, 5.74) is 1.02. The highest BCUT2D eigenvalue weighted by Gasteiger charge is 2.07. The number of Topliss-reactive ketones (excluding diaryl/α,β-unsaturated/α-hetero) is 1. The molecule has 1 aromatic heterocycles. The molecule has 3 nitrogen and oxygen atoms in total. The molecule has 0 spiro atoms. The van der Waals surface area contributed by atoms with Crippen molar-refractivity contribution in [3.63, 3.8) is 0 Å². The van der Waals surface area contributed by atoms with Crippen LogP contribution in [0.15, 0.2) is 30.6 Å². The van der Waals surface area contributed by atoms with Crippen LogP contribution in [0.5, 0.6) is 5.75 Å². The lowest BCUT2D eigenvalue weighted by Gasteiger charge is -2.04. The van der Waals surface area contributed by atoms with Gasteiger partial charge in [0.25, 0.3) is 0 Å². The maximum Gasteiger partial charge on any atom is 0.189 e. The second kappa shape index (κ2) is 4.56. The highest BCUT2D eigenvalue weighted by molar-refractivity contribution is 6.07. The van der Waals surface area contributed by atoms with Crippen LogP contribution < -0.4 is 4.74 Å². The van der Waals surface area contributed by atoms with Gasteiger partial charge < -0.3 is 4.74 Å². The lowest BCUT2D eigenvalue weighted by Crippen LogP contribution is -2.01. The van der Waals surface area contributed by atoms with E-state index in [0.29, 0.717) is 23.5 Å². The van der Waals surface area contributed by atoms with E-state index >= 15 is 0 Å². The van der Waals surface area contributed by atoms with Gasteiger partial charge in [-0.15, -0.1) is 0 Å². The van der Waals surface area contributed by atoms with E-state index in [2.05, 4.69) is 11.6 Å². The molecule has 0 bridgehead atoms. The van der Waals surface area contributed by atoms with Gasteiger partial charge in [0.2, 0.25) is 0 Å². The summed E-state index contributed by atoms with van der Waals surface area (Å²) in [7, 11) is 0. The number of pyridine rings is 1. The van der Waals surface area contributed by atoms with Crippen molar-refractivity contribution >= 4 is 5.78 Å². The van der Waals surface area contributed by atoms with Gasteiger partial charge in [0.05, 0.1) is 12.8 Å². The van der Waals surface area contributed by atoms with E-state index in [0.717, 1.165) is 0 Å². The van der Waals surface area contributed by atoms with Crippen molar-refractivity contribution in [2.45, 2.75) is 13.8 Å². The van der Waals surface area contributed by atoms with Crippen molar-refractivity contribution in [1.82, 2.24) is 4.98 Å². The molecule has 0 unspecified atom stereocenters. The summed E-state index contributed by atoms with van der Waals surface area (Å²) in [4.78, 5) is 15.4. The zero-order chi connectivity index (χ0) is 10.6. The number of hydrogen-bond acceptors (Lipinski definition) is 3. The fraction of sp³-hybridized carbons (Fsp3) is 0.273. The second-order valence-corrected chi connectivity index (χ2v) is 2.95. The van der Waals surface area contributed by atoms with Crippen LogP contribution >= 0.6 is 0 Å². The molecular formula is C11H13NO2. The number of hydrogen-bond donors (Lipinski definition) is 0. The molecule has 0 fully saturated rings. The molecule has 3 heteroatoms. The Bertz CT molecular complexity index is 358. The molecule has 0 radical (unpaired) electrons. The molecule has 0 aromatic carbocycles. The predicted octanol–water partition coefficient (Wildman–Crippen LogP) is 2.24. The molecule has 0 aliphatic rings. The van der Waals surface area contributed by atoms with Gasteiger partial charge in [0, 0.05) is 11.8 Å². The molecule has 1 aromatic rings. The number of allylic oxidation sites excluding steroid dienone is 1. The quantitative estimate of drug-likeness (QED) is 0.541. The van der Waals surface area contributed by atoms with Crippen LogP contribution in [0.25, 0.3) is 0 Å². The minimum atomic E-state index is -0.0981. The van der Waals surface area contributed by atoms with Crippen molar-refractivity contribution in [3.8, 4) is 5.75 Å². The lowest BCUT2D eigenvalue weighted by atomic mass is 10.1. The first-order valence-corrected chi connectivity index (χ1v) is 4.43. The Balaban J connectivity index is 2.93. The molecule has 0 atom stereocenters. The van der Waals surface area contributed by atoms with E-state index < -0.39 is 0 Å². The van der Waals surface area contributed by atoms with Gasteiger partial charge >= 0.3 is 0 Å². The van der Waals surface area contributed by atoms with Crippen molar-refractivity contribution in [1.29, 1.82) is 0 Å². The maximum absolute atomic E-state index is 11.5. The normalized spacial score (nSPS) is 9.57. The number of aromatic nitrogens is 1. The van der Waals surface area contributed by atoms with Gasteiger partial charge in [-0.3, -0.25) is 9.78 Å². The van der Waals surface area contributed by atoms with E-state index in [9.17, 15) is 4.79 Å². The highest BCUT2D eigenvalue weighted by Crippen LogP contribution is 2.13. The first kappa shape index (κ1) is 10.4. The molecule has 74 valence electrons. The Labute approximate surface area is 83.4 Å². The first-order chi connectivity index (χ1) is 6.65. The summed E-state index contributed by atoms with van der Waals surface area (Å²) in [6.45, 7) is 7.71. The van der Waals surface area contributed by atoms with Crippen LogP contribution in [-0.2, 0) is 0 Å². The third kappa shape index (κ3) is 2.42. The third-order valence-electron chi connectivity index (χ3n) is 1.67. The average molecular weight is 191 g/mol. The summed E-state index contributed by atoms with van der Waals surface area (Å²) in [5, 5.41) is 0. The van der Waals surface area contributed by atoms with E-state index in [1.54, 1.807) is 19.2 Å². The van der Waals surface area contributed by atoms with E-state index in [1.807, 2.05) is 6.92 Å². The summed E-state index contributed by atoms with van der Waals surface area (Å²) in [5.74, 6) is 0.513. The predicted molar refractivity (Wildman–Crippen MR) is 54.6 cm³/mol. The minimum Gasteiger partial charge on any atom is -0.492 e.